The summed E-state index contributed by atoms with van der Waals surface area (Å²) in [5.41, 5.74) is 6.40. The van der Waals surface area contributed by atoms with Crippen molar-refractivity contribution in [3.63, 3.8) is 0 Å². The number of carbonyl (C=O) groups is 3. The molecule has 1 aliphatic rings. The highest BCUT2D eigenvalue weighted by Gasteiger charge is 2.58. The van der Waals surface area contributed by atoms with E-state index in [1.807, 2.05) is 0 Å². The predicted molar refractivity (Wildman–Crippen MR) is 81.2 cm³/mol. The van der Waals surface area contributed by atoms with Crippen LogP contribution in [0.1, 0.15) is 27.2 Å². The van der Waals surface area contributed by atoms with E-state index in [0.29, 0.717) is 0 Å². The molecule has 2 unspecified atom stereocenters. The molecule has 10 nitrogen and oxygen atoms in total. The number of rotatable bonds is 7. The second-order valence-corrected chi connectivity index (χ2v) is 5.07. The van der Waals surface area contributed by atoms with Gasteiger partial charge < -0.3 is 19.9 Å². The van der Waals surface area contributed by atoms with E-state index in [1.165, 1.54) is 19.9 Å². The van der Waals surface area contributed by atoms with Gasteiger partial charge in [-0.1, -0.05) is 11.2 Å². The first-order chi connectivity index (χ1) is 11.3. The first-order valence-electron chi connectivity index (χ1n) is 7.41. The minimum Gasteiger partial charge on any atom is -0.464 e. The molecule has 0 heterocycles. The molecule has 0 saturated carbocycles. The van der Waals surface area contributed by atoms with Gasteiger partial charge in [-0.05, 0) is 25.8 Å². The fraction of sp³-hybridized carbons (Fsp3) is 0.643. The second-order valence-electron chi connectivity index (χ2n) is 5.07. The molecular formula is C14H20N4O6. The Kier molecular flexibility index (Phi) is 6.75. The maximum absolute atomic E-state index is 12.6. The molecule has 2 N–H and O–H groups in total. The van der Waals surface area contributed by atoms with Gasteiger partial charge in [0, 0.05) is 23.5 Å². The van der Waals surface area contributed by atoms with E-state index in [9.17, 15) is 19.5 Å². The van der Waals surface area contributed by atoms with Crippen LogP contribution in [0.25, 0.3) is 10.4 Å². The van der Waals surface area contributed by atoms with Crippen LogP contribution < -0.4 is 5.32 Å². The Hall–Kier alpha value is -2.58. The van der Waals surface area contributed by atoms with E-state index < -0.39 is 35.4 Å². The van der Waals surface area contributed by atoms with Gasteiger partial charge in [-0.3, -0.25) is 4.79 Å². The third-order valence-corrected chi connectivity index (χ3v) is 3.45. The minimum atomic E-state index is -2.24. The van der Waals surface area contributed by atoms with Gasteiger partial charge in [0.05, 0.1) is 19.3 Å². The molecule has 10 heteroatoms. The number of ether oxygens (including phenoxy) is 2. The Balaban J connectivity index is 3.51. The number of aliphatic hydroxyl groups excluding tert-OH is 1. The molecule has 1 rings (SSSR count). The highest BCUT2D eigenvalue weighted by Crippen LogP contribution is 2.38. The van der Waals surface area contributed by atoms with Gasteiger partial charge in [-0.15, -0.1) is 0 Å². The van der Waals surface area contributed by atoms with E-state index in [1.54, 1.807) is 0 Å². The van der Waals surface area contributed by atoms with E-state index in [-0.39, 0.29) is 25.3 Å². The van der Waals surface area contributed by atoms with Crippen LogP contribution in [-0.4, -0.2) is 47.8 Å². The molecular weight excluding hydrogens is 320 g/mol. The van der Waals surface area contributed by atoms with Crippen LogP contribution in [0.2, 0.25) is 0 Å². The van der Waals surface area contributed by atoms with Gasteiger partial charge in [0.15, 0.2) is 0 Å². The lowest BCUT2D eigenvalue weighted by molar-refractivity contribution is -0.171. The third kappa shape index (κ3) is 3.84. The summed E-state index contributed by atoms with van der Waals surface area (Å²) in [6, 6.07) is 0. The van der Waals surface area contributed by atoms with E-state index >= 15 is 0 Å². The summed E-state index contributed by atoms with van der Waals surface area (Å²) in [5.74, 6) is -3.89. The molecule has 2 atom stereocenters. The van der Waals surface area contributed by atoms with Crippen LogP contribution in [0.5, 0.6) is 0 Å². The van der Waals surface area contributed by atoms with Gasteiger partial charge in [0.1, 0.15) is 0 Å². The Morgan fingerprint density at radius 2 is 1.92 bits per heavy atom. The van der Waals surface area contributed by atoms with Gasteiger partial charge in [-0.25, -0.2) is 9.59 Å². The highest BCUT2D eigenvalue weighted by molar-refractivity contribution is 6.08. The average Bonchev–Trinajstić information content (AvgIpc) is 2.86. The molecule has 132 valence electrons. The van der Waals surface area contributed by atoms with Gasteiger partial charge >= 0.3 is 11.9 Å². The van der Waals surface area contributed by atoms with E-state index in [0.717, 1.165) is 6.92 Å². The number of carbonyl (C=O) groups excluding carboxylic acids is 3. The molecule has 0 spiro atoms. The summed E-state index contributed by atoms with van der Waals surface area (Å²) in [7, 11) is 0. The number of amides is 1. The van der Waals surface area contributed by atoms with Crippen molar-refractivity contribution in [3.8, 4) is 0 Å². The number of aliphatic hydroxyl groups is 1. The van der Waals surface area contributed by atoms with Crippen molar-refractivity contribution < 1.29 is 29.0 Å². The molecule has 0 aromatic rings. The lowest BCUT2D eigenvalue weighted by Gasteiger charge is -2.35. The zero-order valence-electron chi connectivity index (χ0n) is 13.7. The Labute approximate surface area is 138 Å². The standard InChI is InChI=1S/C14H20N4O6/c1-4-23-12(21)14(16-8(3)19,13(22)24-5-2)10-6-9(20)7-11(10)17-18-15/h7,9-10,20H,4-6H2,1-3H3,(H,16,19). The summed E-state index contributed by atoms with van der Waals surface area (Å²) < 4.78 is 9.90. The fourth-order valence-corrected chi connectivity index (χ4v) is 2.62. The number of azide groups is 1. The molecule has 0 aliphatic heterocycles. The van der Waals surface area contributed by atoms with Crippen LogP contribution in [0.4, 0.5) is 0 Å². The molecule has 1 amide bonds. The number of hydrogen-bond donors (Lipinski definition) is 2. The second kappa shape index (κ2) is 8.32. The van der Waals surface area contributed by atoms with E-state index in [2.05, 4.69) is 15.3 Å². The Bertz CT molecular complexity index is 578. The summed E-state index contributed by atoms with van der Waals surface area (Å²) in [4.78, 5) is 39.5. The van der Waals surface area contributed by atoms with Crippen molar-refractivity contribution in [1.29, 1.82) is 0 Å². The number of nitrogens with zero attached hydrogens (tertiary/aromatic N) is 3. The van der Waals surface area contributed by atoms with Crippen LogP contribution >= 0.6 is 0 Å². The molecule has 0 radical (unpaired) electrons. The van der Waals surface area contributed by atoms with Crippen LogP contribution in [0.15, 0.2) is 16.9 Å². The average molecular weight is 340 g/mol. The normalized spacial score (nSPS) is 19.8. The lowest BCUT2D eigenvalue weighted by Crippen LogP contribution is -2.65. The molecule has 24 heavy (non-hydrogen) atoms. The zero-order chi connectivity index (χ0) is 18.3. The van der Waals surface area contributed by atoms with Crippen molar-refractivity contribution in [2.45, 2.75) is 38.8 Å². The predicted octanol–water partition coefficient (Wildman–Crippen LogP) is 0.562. The summed E-state index contributed by atoms with van der Waals surface area (Å²) >= 11 is 0. The van der Waals surface area contributed by atoms with Crippen LogP contribution in [-0.2, 0) is 23.9 Å². The van der Waals surface area contributed by atoms with Crippen molar-refractivity contribution >= 4 is 17.8 Å². The van der Waals surface area contributed by atoms with E-state index in [4.69, 9.17) is 15.0 Å². The molecule has 0 saturated heterocycles. The minimum absolute atomic E-state index is 0.0418. The first kappa shape index (κ1) is 19.5. The van der Waals surface area contributed by atoms with Crippen molar-refractivity contribution in [2.75, 3.05) is 13.2 Å². The molecule has 1 aliphatic carbocycles. The molecule has 0 fully saturated rings. The summed E-state index contributed by atoms with van der Waals surface area (Å²) in [6.45, 7) is 4.10. The zero-order valence-corrected chi connectivity index (χ0v) is 13.7. The number of esters is 2. The fourth-order valence-electron chi connectivity index (χ4n) is 2.62. The molecule has 0 aromatic heterocycles. The Morgan fingerprint density at radius 3 is 2.33 bits per heavy atom. The summed E-state index contributed by atoms with van der Waals surface area (Å²) in [5, 5.41) is 15.6. The van der Waals surface area contributed by atoms with Crippen molar-refractivity contribution in [1.82, 2.24) is 5.32 Å². The lowest BCUT2D eigenvalue weighted by atomic mass is 9.81. The first-order valence-corrected chi connectivity index (χ1v) is 7.41. The maximum atomic E-state index is 12.6. The highest BCUT2D eigenvalue weighted by atomic mass is 16.6. The Morgan fingerprint density at radius 1 is 1.38 bits per heavy atom. The maximum Gasteiger partial charge on any atom is 0.344 e. The molecule has 0 bridgehead atoms. The SMILES string of the molecule is CCOC(=O)C(NC(C)=O)(C(=O)OCC)C1CC(O)C=C1N=[N+]=[N-]. The monoisotopic (exact) mass is 340 g/mol. The smallest absolute Gasteiger partial charge is 0.344 e. The van der Waals surface area contributed by atoms with Crippen molar-refractivity contribution in [3.05, 3.63) is 22.2 Å². The van der Waals surface area contributed by atoms with Gasteiger partial charge in [0.25, 0.3) is 0 Å². The number of hydrogen-bond acceptors (Lipinski definition) is 7. The van der Waals surface area contributed by atoms with Crippen molar-refractivity contribution in [2.24, 2.45) is 11.0 Å². The van der Waals surface area contributed by atoms with Gasteiger partial charge in [0.2, 0.25) is 11.4 Å². The largest absolute Gasteiger partial charge is 0.464 e. The number of nitrogens with one attached hydrogen (secondary N) is 1. The third-order valence-electron chi connectivity index (χ3n) is 3.45. The van der Waals surface area contributed by atoms with Gasteiger partial charge in [-0.2, -0.15) is 0 Å². The molecule has 0 aromatic carbocycles. The van der Waals surface area contributed by atoms with Crippen LogP contribution in [0, 0.1) is 5.92 Å². The quantitative estimate of drug-likeness (QED) is 0.227. The van der Waals surface area contributed by atoms with Crippen LogP contribution in [0.3, 0.4) is 0 Å². The summed E-state index contributed by atoms with van der Waals surface area (Å²) in [6.07, 6.45) is 0.0542. The topological polar surface area (TPSA) is 151 Å².